The third-order valence-electron chi connectivity index (χ3n) is 3.76. The molecule has 0 radical (unpaired) electrons. The summed E-state index contributed by atoms with van der Waals surface area (Å²) in [5, 5.41) is 13.1. The summed E-state index contributed by atoms with van der Waals surface area (Å²) in [5.41, 5.74) is -0.475. The van der Waals surface area contributed by atoms with Crippen LogP contribution in [0.1, 0.15) is 43.4 Å². The third kappa shape index (κ3) is 3.48. The van der Waals surface area contributed by atoms with Crippen molar-refractivity contribution in [1.82, 2.24) is 5.32 Å². The molecule has 0 amide bonds. The number of hydrogen-bond donors (Lipinski definition) is 2. The largest absolute Gasteiger partial charge is 0.416 e. The van der Waals surface area contributed by atoms with E-state index in [1.54, 1.807) is 0 Å². The minimum Gasteiger partial charge on any atom is -0.389 e. The molecule has 0 aliphatic heterocycles. The van der Waals surface area contributed by atoms with Crippen molar-refractivity contribution in [2.45, 2.75) is 44.0 Å². The maximum atomic E-state index is 12.4. The van der Waals surface area contributed by atoms with Crippen LogP contribution in [0.25, 0.3) is 0 Å². The Morgan fingerprint density at radius 2 is 1.84 bits per heavy atom. The van der Waals surface area contributed by atoms with Crippen LogP contribution in [0, 0.1) is 0 Å². The van der Waals surface area contributed by atoms with E-state index >= 15 is 0 Å². The van der Waals surface area contributed by atoms with Crippen molar-refractivity contribution in [2.24, 2.45) is 0 Å². The summed E-state index contributed by atoms with van der Waals surface area (Å²) < 4.78 is 37.3. The zero-order chi connectivity index (χ0) is 14.1. The molecule has 0 aromatic heterocycles. The Labute approximate surface area is 110 Å². The van der Waals surface area contributed by atoms with E-state index in [9.17, 15) is 18.3 Å². The van der Waals surface area contributed by atoms with E-state index in [1.165, 1.54) is 12.1 Å². The number of rotatable bonds is 4. The molecule has 0 spiro atoms. The molecule has 5 heteroatoms. The summed E-state index contributed by atoms with van der Waals surface area (Å²) in [4.78, 5) is 0. The van der Waals surface area contributed by atoms with Crippen LogP contribution in [0.3, 0.4) is 0 Å². The van der Waals surface area contributed by atoms with Crippen molar-refractivity contribution >= 4 is 0 Å². The van der Waals surface area contributed by atoms with Gasteiger partial charge in [0.1, 0.15) is 0 Å². The van der Waals surface area contributed by atoms with Crippen molar-refractivity contribution in [2.75, 3.05) is 6.54 Å². The van der Waals surface area contributed by atoms with Gasteiger partial charge in [-0.2, -0.15) is 13.2 Å². The molecule has 1 fully saturated rings. The van der Waals surface area contributed by atoms with Crippen LogP contribution >= 0.6 is 0 Å². The van der Waals surface area contributed by atoms with E-state index in [-0.39, 0.29) is 6.04 Å². The summed E-state index contributed by atoms with van der Waals surface area (Å²) in [7, 11) is 0. The Kier molecular flexibility index (Phi) is 3.87. The number of nitrogens with one attached hydrogen (secondary N) is 1. The summed E-state index contributed by atoms with van der Waals surface area (Å²) >= 11 is 0. The molecule has 0 heterocycles. The number of hydrogen-bond acceptors (Lipinski definition) is 2. The van der Waals surface area contributed by atoms with Crippen LogP contribution in [-0.4, -0.2) is 17.3 Å². The molecule has 1 saturated carbocycles. The van der Waals surface area contributed by atoms with Crippen LogP contribution in [0.4, 0.5) is 13.2 Å². The maximum absolute atomic E-state index is 12.4. The highest BCUT2D eigenvalue weighted by Crippen LogP contribution is 2.32. The lowest BCUT2D eigenvalue weighted by Gasteiger charge is -2.37. The van der Waals surface area contributed by atoms with Crippen molar-refractivity contribution in [3.8, 4) is 0 Å². The monoisotopic (exact) mass is 273 g/mol. The molecule has 1 aromatic carbocycles. The van der Waals surface area contributed by atoms with Gasteiger partial charge in [-0.1, -0.05) is 12.1 Å². The summed E-state index contributed by atoms with van der Waals surface area (Å²) in [5.74, 6) is 0. The maximum Gasteiger partial charge on any atom is 0.416 e. The van der Waals surface area contributed by atoms with Gasteiger partial charge in [0.25, 0.3) is 0 Å². The van der Waals surface area contributed by atoms with Crippen LogP contribution in [0.15, 0.2) is 24.3 Å². The SMILES string of the molecule is CC(NCC1(O)CCC1)c1ccc(C(F)(F)F)cc1. The first kappa shape index (κ1) is 14.3. The fraction of sp³-hybridized carbons (Fsp3) is 0.571. The predicted octanol–water partition coefficient (Wildman–Crippen LogP) is 3.27. The number of aliphatic hydroxyl groups is 1. The van der Waals surface area contributed by atoms with E-state index in [0.29, 0.717) is 6.54 Å². The van der Waals surface area contributed by atoms with E-state index in [2.05, 4.69) is 5.32 Å². The first-order chi connectivity index (χ1) is 8.80. The fourth-order valence-corrected chi connectivity index (χ4v) is 2.18. The highest BCUT2D eigenvalue weighted by atomic mass is 19.4. The lowest BCUT2D eigenvalue weighted by Crippen LogP contribution is -2.46. The van der Waals surface area contributed by atoms with Gasteiger partial charge in [-0.05, 0) is 43.9 Å². The van der Waals surface area contributed by atoms with Gasteiger partial charge in [0, 0.05) is 12.6 Å². The third-order valence-corrected chi connectivity index (χ3v) is 3.76. The Bertz CT molecular complexity index is 423. The first-order valence-corrected chi connectivity index (χ1v) is 6.43. The Balaban J connectivity index is 1.93. The molecule has 0 saturated heterocycles. The van der Waals surface area contributed by atoms with E-state index in [1.807, 2.05) is 6.92 Å². The molecule has 2 N–H and O–H groups in total. The summed E-state index contributed by atoms with van der Waals surface area (Å²) in [6.45, 7) is 2.36. The zero-order valence-electron chi connectivity index (χ0n) is 10.8. The first-order valence-electron chi connectivity index (χ1n) is 6.43. The van der Waals surface area contributed by atoms with E-state index in [0.717, 1.165) is 37.0 Å². The second-order valence-electron chi connectivity index (χ2n) is 5.30. The minimum absolute atomic E-state index is 0.0769. The smallest absolute Gasteiger partial charge is 0.389 e. The van der Waals surface area contributed by atoms with Gasteiger partial charge in [-0.3, -0.25) is 0 Å². The molecule has 1 unspecified atom stereocenters. The average molecular weight is 273 g/mol. The molecule has 19 heavy (non-hydrogen) atoms. The van der Waals surface area contributed by atoms with E-state index < -0.39 is 17.3 Å². The molecule has 2 rings (SSSR count). The average Bonchev–Trinajstić information content (AvgIpc) is 2.33. The van der Waals surface area contributed by atoms with Gasteiger partial charge in [0.15, 0.2) is 0 Å². The zero-order valence-corrected chi connectivity index (χ0v) is 10.8. The molecular formula is C14H18F3NO. The highest BCUT2D eigenvalue weighted by molar-refractivity contribution is 5.26. The van der Waals surface area contributed by atoms with E-state index in [4.69, 9.17) is 0 Å². The quantitative estimate of drug-likeness (QED) is 0.882. The van der Waals surface area contributed by atoms with Crippen LogP contribution in [0.5, 0.6) is 0 Å². The normalized spacial score (nSPS) is 19.8. The van der Waals surface area contributed by atoms with Gasteiger partial charge in [-0.25, -0.2) is 0 Å². The molecule has 1 atom stereocenters. The molecule has 2 nitrogen and oxygen atoms in total. The lowest BCUT2D eigenvalue weighted by molar-refractivity contribution is -0.137. The number of benzene rings is 1. The highest BCUT2D eigenvalue weighted by Gasteiger charge is 2.34. The molecule has 1 aliphatic carbocycles. The fourth-order valence-electron chi connectivity index (χ4n) is 2.18. The molecular weight excluding hydrogens is 255 g/mol. The lowest BCUT2D eigenvalue weighted by atomic mass is 9.80. The topological polar surface area (TPSA) is 32.3 Å². The molecule has 1 aromatic rings. The number of alkyl halides is 3. The Morgan fingerprint density at radius 1 is 1.26 bits per heavy atom. The molecule has 106 valence electrons. The Hall–Kier alpha value is -1.07. The standard InChI is InChI=1S/C14H18F3NO/c1-10(18-9-13(19)7-2-8-13)11-3-5-12(6-4-11)14(15,16)17/h3-6,10,18-19H,2,7-9H2,1H3. The van der Waals surface area contributed by atoms with Crippen LogP contribution < -0.4 is 5.32 Å². The van der Waals surface area contributed by atoms with Gasteiger partial charge in [-0.15, -0.1) is 0 Å². The van der Waals surface area contributed by atoms with Crippen molar-refractivity contribution < 1.29 is 18.3 Å². The second kappa shape index (κ2) is 5.13. The number of halogens is 3. The summed E-state index contributed by atoms with van der Waals surface area (Å²) in [6, 6.07) is 5.06. The minimum atomic E-state index is -4.30. The van der Waals surface area contributed by atoms with Crippen LogP contribution in [0.2, 0.25) is 0 Å². The molecule has 0 bridgehead atoms. The van der Waals surface area contributed by atoms with Crippen molar-refractivity contribution in [3.63, 3.8) is 0 Å². The van der Waals surface area contributed by atoms with Crippen LogP contribution in [-0.2, 0) is 6.18 Å². The Morgan fingerprint density at radius 3 is 2.26 bits per heavy atom. The van der Waals surface area contributed by atoms with Gasteiger partial charge in [0.05, 0.1) is 11.2 Å². The predicted molar refractivity (Wildman–Crippen MR) is 66.7 cm³/mol. The van der Waals surface area contributed by atoms with Gasteiger partial charge in [0.2, 0.25) is 0 Å². The van der Waals surface area contributed by atoms with Gasteiger partial charge >= 0.3 is 6.18 Å². The summed E-state index contributed by atoms with van der Waals surface area (Å²) in [6.07, 6.45) is -1.68. The van der Waals surface area contributed by atoms with Crippen molar-refractivity contribution in [3.05, 3.63) is 35.4 Å². The van der Waals surface area contributed by atoms with Gasteiger partial charge < -0.3 is 10.4 Å². The van der Waals surface area contributed by atoms with Crippen molar-refractivity contribution in [1.29, 1.82) is 0 Å². The molecule has 1 aliphatic rings. The second-order valence-corrected chi connectivity index (χ2v) is 5.30.